The summed E-state index contributed by atoms with van der Waals surface area (Å²) in [7, 11) is 0. The van der Waals surface area contributed by atoms with Gasteiger partial charge < -0.3 is 15.4 Å². The van der Waals surface area contributed by atoms with Gasteiger partial charge in [0.25, 0.3) is 5.91 Å². The van der Waals surface area contributed by atoms with Gasteiger partial charge in [0.1, 0.15) is 5.75 Å². The molecular weight excluding hydrogens is 254 g/mol. The molecule has 0 heterocycles. The van der Waals surface area contributed by atoms with Crippen LogP contribution in [0.4, 0.5) is 0 Å². The van der Waals surface area contributed by atoms with Gasteiger partial charge >= 0.3 is 0 Å². The molecule has 1 rings (SSSR count). The molecule has 108 valence electrons. The quantitative estimate of drug-likeness (QED) is 0.709. The molecule has 0 saturated heterocycles. The van der Waals surface area contributed by atoms with E-state index < -0.39 is 0 Å². The number of hydrogen-bond donors (Lipinski definition) is 2. The lowest BCUT2D eigenvalue weighted by Gasteiger charge is -2.14. The molecule has 1 amide bonds. The van der Waals surface area contributed by atoms with Crippen LogP contribution in [0.15, 0.2) is 24.3 Å². The van der Waals surface area contributed by atoms with Gasteiger partial charge in [-0.2, -0.15) is 5.26 Å². The van der Waals surface area contributed by atoms with Crippen molar-refractivity contribution in [2.45, 2.75) is 26.3 Å². The van der Waals surface area contributed by atoms with Crippen LogP contribution in [0.2, 0.25) is 0 Å². The monoisotopic (exact) mass is 275 g/mol. The van der Waals surface area contributed by atoms with Crippen LogP contribution in [-0.2, 0) is 4.79 Å². The molecule has 1 aromatic rings. The van der Waals surface area contributed by atoms with Crippen LogP contribution in [0.5, 0.6) is 5.75 Å². The van der Waals surface area contributed by atoms with Gasteiger partial charge in [-0.15, -0.1) is 0 Å². The van der Waals surface area contributed by atoms with Gasteiger partial charge in [-0.05, 0) is 31.2 Å². The Labute approximate surface area is 119 Å². The van der Waals surface area contributed by atoms with E-state index in [1.165, 1.54) is 0 Å². The Morgan fingerprint density at radius 3 is 3.00 bits per heavy atom. The molecule has 0 fully saturated rings. The third kappa shape index (κ3) is 5.72. The van der Waals surface area contributed by atoms with E-state index >= 15 is 0 Å². The number of nitrogens with zero attached hydrogens (tertiary/aromatic N) is 1. The molecule has 5 heteroatoms. The zero-order valence-corrected chi connectivity index (χ0v) is 12.0. The third-order valence-electron chi connectivity index (χ3n) is 2.80. The molecule has 0 radical (unpaired) electrons. The van der Waals surface area contributed by atoms with Crippen LogP contribution < -0.4 is 15.4 Å². The number of ether oxygens (including phenoxy) is 1. The van der Waals surface area contributed by atoms with Crippen molar-refractivity contribution in [3.63, 3.8) is 0 Å². The highest BCUT2D eigenvalue weighted by Gasteiger charge is 2.06. The lowest BCUT2D eigenvalue weighted by molar-refractivity contribution is -0.123. The Kier molecular flexibility index (Phi) is 7.15. The van der Waals surface area contributed by atoms with Gasteiger partial charge in [-0.25, -0.2) is 0 Å². The Balaban J connectivity index is 2.46. The fraction of sp³-hybridized carbons (Fsp3) is 0.467. The third-order valence-corrected chi connectivity index (χ3v) is 2.80. The van der Waals surface area contributed by atoms with E-state index in [1.54, 1.807) is 0 Å². The molecule has 0 aliphatic rings. The van der Waals surface area contributed by atoms with Crippen molar-refractivity contribution in [2.24, 2.45) is 0 Å². The Bertz CT molecular complexity index is 468. The van der Waals surface area contributed by atoms with Crippen LogP contribution >= 0.6 is 0 Å². The first kappa shape index (κ1) is 16.0. The molecule has 2 N–H and O–H groups in total. The second-order valence-electron chi connectivity index (χ2n) is 4.40. The molecule has 0 aromatic heterocycles. The summed E-state index contributed by atoms with van der Waals surface area (Å²) < 4.78 is 5.44. The van der Waals surface area contributed by atoms with Gasteiger partial charge in [0.15, 0.2) is 6.61 Å². The number of carbonyl (C=O) groups is 1. The predicted molar refractivity (Wildman–Crippen MR) is 77.3 cm³/mol. The van der Waals surface area contributed by atoms with Crippen molar-refractivity contribution in [3.05, 3.63) is 29.8 Å². The summed E-state index contributed by atoms with van der Waals surface area (Å²) in [5, 5.41) is 14.3. The van der Waals surface area contributed by atoms with Crippen molar-refractivity contribution in [3.8, 4) is 11.8 Å². The van der Waals surface area contributed by atoms with Crippen molar-refractivity contribution in [2.75, 3.05) is 19.7 Å². The number of nitriles is 1. The van der Waals surface area contributed by atoms with Gasteiger partial charge in [-0.1, -0.05) is 19.1 Å². The van der Waals surface area contributed by atoms with E-state index in [0.717, 1.165) is 12.1 Å². The number of carbonyl (C=O) groups excluding carboxylic acids is 1. The fourth-order valence-electron chi connectivity index (χ4n) is 1.76. The van der Waals surface area contributed by atoms with E-state index in [1.807, 2.05) is 30.3 Å². The topological polar surface area (TPSA) is 74.2 Å². The summed E-state index contributed by atoms with van der Waals surface area (Å²) in [6.45, 7) is 5.36. The van der Waals surface area contributed by atoms with Crippen molar-refractivity contribution in [1.29, 1.82) is 5.26 Å². The molecular formula is C15H21N3O2. The highest BCUT2D eigenvalue weighted by Crippen LogP contribution is 2.18. The zero-order chi connectivity index (χ0) is 14.8. The second kappa shape index (κ2) is 8.94. The highest BCUT2D eigenvalue weighted by molar-refractivity contribution is 5.77. The van der Waals surface area contributed by atoms with Gasteiger partial charge in [0.05, 0.1) is 12.5 Å². The molecule has 20 heavy (non-hydrogen) atoms. The Morgan fingerprint density at radius 2 is 2.30 bits per heavy atom. The molecule has 0 spiro atoms. The largest absolute Gasteiger partial charge is 0.484 e. The first-order valence-electron chi connectivity index (χ1n) is 6.77. The average Bonchev–Trinajstić information content (AvgIpc) is 2.46. The smallest absolute Gasteiger partial charge is 0.257 e. The van der Waals surface area contributed by atoms with Crippen LogP contribution in [0, 0.1) is 11.3 Å². The SMILES string of the molecule is CCNC(C)c1cccc(OCC(=O)NCCC#N)c1. The Hall–Kier alpha value is -2.06. The first-order chi connectivity index (χ1) is 9.67. The lowest BCUT2D eigenvalue weighted by atomic mass is 10.1. The van der Waals surface area contributed by atoms with E-state index in [-0.39, 0.29) is 18.6 Å². The normalized spacial score (nSPS) is 11.4. The van der Waals surface area contributed by atoms with Gasteiger partial charge in [0.2, 0.25) is 0 Å². The standard InChI is InChI=1S/C15H21N3O2/c1-3-17-12(2)13-6-4-7-14(10-13)20-11-15(19)18-9-5-8-16/h4,6-7,10,12,17H,3,5,9,11H2,1-2H3,(H,18,19). The fourth-order valence-corrected chi connectivity index (χ4v) is 1.76. The first-order valence-corrected chi connectivity index (χ1v) is 6.77. The van der Waals surface area contributed by atoms with Crippen LogP contribution in [0.3, 0.4) is 0 Å². The van der Waals surface area contributed by atoms with E-state index in [9.17, 15) is 4.79 Å². The molecule has 0 saturated carbocycles. The minimum Gasteiger partial charge on any atom is -0.484 e. The molecule has 0 aliphatic carbocycles. The van der Waals surface area contributed by atoms with Gasteiger partial charge in [0, 0.05) is 12.6 Å². The van der Waals surface area contributed by atoms with Crippen LogP contribution in [-0.4, -0.2) is 25.6 Å². The number of rotatable bonds is 8. The van der Waals surface area contributed by atoms with E-state index in [0.29, 0.717) is 18.7 Å². The summed E-state index contributed by atoms with van der Waals surface area (Å²) in [6, 6.07) is 9.89. The van der Waals surface area contributed by atoms with E-state index in [2.05, 4.69) is 24.5 Å². The predicted octanol–water partition coefficient (Wildman–Crippen LogP) is 1.77. The zero-order valence-electron chi connectivity index (χ0n) is 12.0. The second-order valence-corrected chi connectivity index (χ2v) is 4.40. The molecule has 5 nitrogen and oxygen atoms in total. The Morgan fingerprint density at radius 1 is 1.50 bits per heavy atom. The lowest BCUT2D eigenvalue weighted by Crippen LogP contribution is -2.29. The number of benzene rings is 1. The molecule has 1 aromatic carbocycles. The summed E-state index contributed by atoms with van der Waals surface area (Å²) >= 11 is 0. The maximum absolute atomic E-state index is 11.5. The summed E-state index contributed by atoms with van der Waals surface area (Å²) in [4.78, 5) is 11.5. The average molecular weight is 275 g/mol. The summed E-state index contributed by atoms with van der Waals surface area (Å²) in [5.74, 6) is 0.452. The van der Waals surface area contributed by atoms with Crippen molar-refractivity contribution in [1.82, 2.24) is 10.6 Å². The van der Waals surface area contributed by atoms with Crippen molar-refractivity contribution >= 4 is 5.91 Å². The molecule has 0 aliphatic heterocycles. The van der Waals surface area contributed by atoms with Crippen LogP contribution in [0.25, 0.3) is 0 Å². The maximum atomic E-state index is 11.5. The van der Waals surface area contributed by atoms with E-state index in [4.69, 9.17) is 10.00 Å². The molecule has 1 unspecified atom stereocenters. The summed E-state index contributed by atoms with van der Waals surface area (Å²) in [5.41, 5.74) is 1.12. The molecule has 1 atom stereocenters. The minimum atomic E-state index is -0.217. The van der Waals surface area contributed by atoms with Crippen molar-refractivity contribution < 1.29 is 9.53 Å². The van der Waals surface area contributed by atoms with Gasteiger partial charge in [-0.3, -0.25) is 4.79 Å². The number of nitrogens with one attached hydrogen (secondary N) is 2. The number of hydrogen-bond acceptors (Lipinski definition) is 4. The summed E-state index contributed by atoms with van der Waals surface area (Å²) in [6.07, 6.45) is 0.307. The minimum absolute atomic E-state index is 0.0372. The van der Waals surface area contributed by atoms with Crippen LogP contribution in [0.1, 0.15) is 31.9 Å². The molecule has 0 bridgehead atoms. The maximum Gasteiger partial charge on any atom is 0.257 e. The highest BCUT2D eigenvalue weighted by atomic mass is 16.5. The number of amides is 1.